The standard InChI is InChI=1S/C27H26N6O2S/c34-23(16-20-11-5-2-6-12-20)29-26-32-31-24(36-26)13-7-8-14-33-18-21-17-22(28-25(21)30-27(33)35)15-19-9-3-1-4-10-19/h1-6,9-12,17-18H,7-8,13-16H2,(H,28,30,35)(H,29,32,34). The molecule has 0 saturated carbocycles. The summed E-state index contributed by atoms with van der Waals surface area (Å²) in [4.78, 5) is 32.2. The van der Waals surface area contributed by atoms with Gasteiger partial charge in [-0.1, -0.05) is 72.0 Å². The average molecular weight is 499 g/mol. The third-order valence-corrected chi connectivity index (χ3v) is 6.73. The van der Waals surface area contributed by atoms with Crippen LogP contribution in [0.3, 0.4) is 0 Å². The molecule has 0 aliphatic rings. The maximum Gasteiger partial charge on any atom is 0.349 e. The summed E-state index contributed by atoms with van der Waals surface area (Å²) in [5.74, 6) is -0.108. The van der Waals surface area contributed by atoms with Gasteiger partial charge in [0.25, 0.3) is 0 Å². The molecule has 2 N–H and O–H groups in total. The van der Waals surface area contributed by atoms with Gasteiger partial charge in [-0.2, -0.15) is 4.98 Å². The summed E-state index contributed by atoms with van der Waals surface area (Å²) in [6.07, 6.45) is 5.34. The molecule has 1 amide bonds. The van der Waals surface area contributed by atoms with Gasteiger partial charge >= 0.3 is 5.69 Å². The number of aryl methyl sites for hydroxylation is 2. The molecule has 0 aliphatic heterocycles. The zero-order valence-electron chi connectivity index (χ0n) is 19.7. The molecule has 5 rings (SSSR count). The number of carbonyl (C=O) groups is 1. The highest BCUT2D eigenvalue weighted by atomic mass is 32.1. The molecule has 8 nitrogen and oxygen atoms in total. The predicted molar refractivity (Wildman–Crippen MR) is 141 cm³/mol. The summed E-state index contributed by atoms with van der Waals surface area (Å²) < 4.78 is 1.66. The van der Waals surface area contributed by atoms with Gasteiger partial charge in [0.1, 0.15) is 10.7 Å². The molecule has 0 saturated heterocycles. The third kappa shape index (κ3) is 6.11. The lowest BCUT2D eigenvalue weighted by molar-refractivity contribution is -0.115. The van der Waals surface area contributed by atoms with Crippen molar-refractivity contribution in [2.24, 2.45) is 0 Å². The molecule has 0 unspecified atom stereocenters. The van der Waals surface area contributed by atoms with Crippen molar-refractivity contribution < 1.29 is 4.79 Å². The topological polar surface area (TPSA) is 106 Å². The number of rotatable bonds is 10. The van der Waals surface area contributed by atoms with Crippen LogP contribution in [0.4, 0.5) is 5.13 Å². The van der Waals surface area contributed by atoms with E-state index in [4.69, 9.17) is 0 Å². The SMILES string of the molecule is O=C(Cc1ccccc1)Nc1nnc(CCCCn2cc3cc(Cc4ccccc4)[nH]c3nc2=O)s1. The van der Waals surface area contributed by atoms with Gasteiger partial charge in [0, 0.05) is 36.7 Å². The van der Waals surface area contributed by atoms with Gasteiger partial charge in [-0.3, -0.25) is 9.36 Å². The Balaban J connectivity index is 1.11. The fraction of sp³-hybridized carbons (Fsp3) is 0.222. The van der Waals surface area contributed by atoms with Crippen LogP contribution in [-0.4, -0.2) is 30.6 Å². The second-order valence-electron chi connectivity index (χ2n) is 8.65. The Hall–Kier alpha value is -4.11. The fourth-order valence-corrected chi connectivity index (χ4v) is 4.87. The zero-order chi connectivity index (χ0) is 24.7. The molecule has 2 aromatic carbocycles. The number of fused-ring (bicyclic) bond motifs is 1. The maximum atomic E-state index is 12.5. The van der Waals surface area contributed by atoms with Crippen molar-refractivity contribution in [2.45, 2.75) is 38.6 Å². The number of aromatic nitrogens is 5. The molecular formula is C27H26N6O2S. The summed E-state index contributed by atoms with van der Waals surface area (Å²) >= 11 is 1.39. The third-order valence-electron chi connectivity index (χ3n) is 5.83. The minimum atomic E-state index is -0.255. The number of aromatic amines is 1. The Morgan fingerprint density at radius 2 is 1.72 bits per heavy atom. The van der Waals surface area contributed by atoms with Crippen LogP contribution in [0.25, 0.3) is 11.0 Å². The zero-order valence-corrected chi connectivity index (χ0v) is 20.5. The van der Waals surface area contributed by atoms with Crippen molar-refractivity contribution in [1.29, 1.82) is 0 Å². The van der Waals surface area contributed by atoms with Gasteiger partial charge < -0.3 is 10.3 Å². The van der Waals surface area contributed by atoms with Crippen LogP contribution in [-0.2, 0) is 30.6 Å². The first-order chi connectivity index (χ1) is 17.6. The molecule has 0 aliphatic carbocycles. The van der Waals surface area contributed by atoms with E-state index >= 15 is 0 Å². The molecule has 9 heteroatoms. The highest BCUT2D eigenvalue weighted by Gasteiger charge is 2.10. The first-order valence-electron chi connectivity index (χ1n) is 11.9. The molecule has 3 heterocycles. The van der Waals surface area contributed by atoms with E-state index in [1.54, 1.807) is 4.57 Å². The molecule has 0 fully saturated rings. The van der Waals surface area contributed by atoms with Crippen LogP contribution >= 0.6 is 11.3 Å². The number of carbonyl (C=O) groups excluding carboxylic acids is 1. The molecule has 182 valence electrons. The number of nitrogens with zero attached hydrogens (tertiary/aromatic N) is 4. The quantitative estimate of drug-likeness (QED) is 0.278. The largest absolute Gasteiger partial charge is 0.349 e. The Labute approximate surface area is 212 Å². The van der Waals surface area contributed by atoms with Crippen LogP contribution in [0, 0.1) is 0 Å². The Morgan fingerprint density at radius 1 is 0.972 bits per heavy atom. The number of nitrogens with one attached hydrogen (secondary N) is 2. The van der Waals surface area contributed by atoms with Gasteiger partial charge in [0.05, 0.1) is 6.42 Å². The number of H-pyrrole nitrogens is 1. The molecule has 0 spiro atoms. The molecule has 36 heavy (non-hydrogen) atoms. The van der Waals surface area contributed by atoms with E-state index in [1.807, 2.05) is 54.7 Å². The lowest BCUT2D eigenvalue weighted by Crippen LogP contribution is -2.22. The normalized spacial score (nSPS) is 11.1. The summed E-state index contributed by atoms with van der Waals surface area (Å²) in [7, 11) is 0. The monoisotopic (exact) mass is 498 g/mol. The first-order valence-corrected chi connectivity index (χ1v) is 12.7. The summed E-state index contributed by atoms with van der Waals surface area (Å²) in [6.45, 7) is 0.584. The van der Waals surface area contributed by atoms with Crippen molar-refractivity contribution >= 4 is 33.4 Å². The number of hydrogen-bond acceptors (Lipinski definition) is 6. The van der Waals surface area contributed by atoms with Crippen molar-refractivity contribution in [2.75, 3.05) is 5.32 Å². The van der Waals surface area contributed by atoms with Gasteiger partial charge in [0.15, 0.2) is 0 Å². The summed E-state index contributed by atoms with van der Waals surface area (Å²) in [5, 5.41) is 13.4. The van der Waals surface area contributed by atoms with Crippen LogP contribution in [0.5, 0.6) is 0 Å². The Kier molecular flexibility index (Phi) is 7.28. The fourth-order valence-electron chi connectivity index (χ4n) is 4.07. The van der Waals surface area contributed by atoms with Gasteiger partial charge in [-0.25, -0.2) is 4.79 Å². The van der Waals surface area contributed by atoms with E-state index in [-0.39, 0.29) is 11.6 Å². The van der Waals surface area contributed by atoms with Crippen LogP contribution < -0.4 is 11.0 Å². The van der Waals surface area contributed by atoms with E-state index in [1.165, 1.54) is 16.9 Å². The Bertz CT molecular complexity index is 1510. The van der Waals surface area contributed by atoms with Crippen LogP contribution in [0.2, 0.25) is 0 Å². The van der Waals surface area contributed by atoms with E-state index in [0.717, 1.165) is 47.3 Å². The molecule has 0 radical (unpaired) electrons. The highest BCUT2D eigenvalue weighted by molar-refractivity contribution is 7.15. The second kappa shape index (κ2) is 11.1. The van der Waals surface area contributed by atoms with Gasteiger partial charge in [-0.05, 0) is 30.0 Å². The number of anilines is 1. The number of amides is 1. The van der Waals surface area contributed by atoms with Crippen LogP contribution in [0.1, 0.15) is 34.7 Å². The maximum absolute atomic E-state index is 12.5. The minimum absolute atomic E-state index is 0.108. The molecule has 0 bridgehead atoms. The molecule has 0 atom stereocenters. The highest BCUT2D eigenvalue weighted by Crippen LogP contribution is 2.18. The number of unbranched alkanes of at least 4 members (excludes halogenated alkanes) is 1. The van der Waals surface area contributed by atoms with E-state index in [2.05, 4.69) is 43.7 Å². The summed E-state index contributed by atoms with van der Waals surface area (Å²) in [6, 6.07) is 21.8. The molecule has 5 aromatic rings. The predicted octanol–water partition coefficient (Wildman–Crippen LogP) is 4.37. The van der Waals surface area contributed by atoms with Crippen molar-refractivity contribution in [3.8, 4) is 0 Å². The Morgan fingerprint density at radius 3 is 2.50 bits per heavy atom. The smallest absolute Gasteiger partial charge is 0.343 e. The summed E-state index contributed by atoms with van der Waals surface area (Å²) in [5.41, 5.74) is 3.56. The average Bonchev–Trinajstić information content (AvgIpc) is 3.48. The van der Waals surface area contributed by atoms with E-state index < -0.39 is 0 Å². The van der Waals surface area contributed by atoms with Crippen molar-refractivity contribution in [3.05, 3.63) is 105 Å². The molecular weight excluding hydrogens is 472 g/mol. The van der Waals surface area contributed by atoms with Gasteiger partial charge in [-0.15, -0.1) is 10.2 Å². The minimum Gasteiger partial charge on any atom is -0.343 e. The first kappa shape index (κ1) is 23.6. The van der Waals surface area contributed by atoms with E-state index in [0.29, 0.717) is 23.7 Å². The van der Waals surface area contributed by atoms with Crippen LogP contribution in [0.15, 0.2) is 77.7 Å². The van der Waals surface area contributed by atoms with Gasteiger partial charge in [0.2, 0.25) is 11.0 Å². The molecule has 3 aromatic heterocycles. The number of hydrogen-bond donors (Lipinski definition) is 2. The second-order valence-corrected chi connectivity index (χ2v) is 9.71. The lowest BCUT2D eigenvalue weighted by atomic mass is 10.1. The van der Waals surface area contributed by atoms with E-state index in [9.17, 15) is 9.59 Å². The number of benzene rings is 2. The lowest BCUT2D eigenvalue weighted by Gasteiger charge is -2.04. The van der Waals surface area contributed by atoms with Crippen molar-refractivity contribution in [3.63, 3.8) is 0 Å². The van der Waals surface area contributed by atoms with Crippen molar-refractivity contribution in [1.82, 2.24) is 24.7 Å².